The Morgan fingerprint density at radius 1 is 1.03 bits per heavy atom. The number of likely N-dealkylation sites (tertiary alicyclic amines) is 1. The zero-order chi connectivity index (χ0) is 24.1. The zero-order valence-corrected chi connectivity index (χ0v) is 20.6. The molecular formula is C23H32F3N3O2S2. The summed E-state index contributed by atoms with van der Waals surface area (Å²) in [4.78, 5) is 4.31. The lowest BCUT2D eigenvalue weighted by Gasteiger charge is -2.35. The summed E-state index contributed by atoms with van der Waals surface area (Å²) in [7, 11) is 2.04. The number of halogens is 3. The van der Waals surface area contributed by atoms with Crippen LogP contribution in [0.15, 0.2) is 46.0 Å². The fourth-order valence-corrected chi connectivity index (χ4v) is 5.62. The van der Waals surface area contributed by atoms with Crippen molar-refractivity contribution in [2.75, 3.05) is 51.2 Å². The first-order valence-electron chi connectivity index (χ1n) is 11.0. The van der Waals surface area contributed by atoms with E-state index in [1.165, 1.54) is 16.3 Å². The van der Waals surface area contributed by atoms with Crippen molar-refractivity contribution in [2.45, 2.75) is 41.9 Å². The molecule has 2 aliphatic rings. The van der Waals surface area contributed by atoms with Crippen molar-refractivity contribution in [1.82, 2.24) is 9.21 Å². The second kappa shape index (κ2) is 11.4. The van der Waals surface area contributed by atoms with Gasteiger partial charge in [-0.15, -0.1) is 11.3 Å². The molecule has 2 aromatic rings. The van der Waals surface area contributed by atoms with Crippen LogP contribution in [0.3, 0.4) is 0 Å². The van der Waals surface area contributed by atoms with E-state index in [2.05, 4.69) is 25.6 Å². The standard InChI is InChI=1S/C17H19F3N2OS2.C6H13NO/c1-16(23,17(18,19)20)13-4-6-14(7-5-13)21-8-10-22(11-9-21)25-15-3-2-12-24-15;1-7-4-2-3-6(8)5-7/h2-7,12,23H,8-11H2,1H3;6,8H,2-5H2,1H3. The first-order valence-corrected chi connectivity index (χ1v) is 12.7. The lowest BCUT2D eigenvalue weighted by molar-refractivity contribution is -0.258. The van der Waals surface area contributed by atoms with E-state index in [9.17, 15) is 18.3 Å². The Labute approximate surface area is 201 Å². The van der Waals surface area contributed by atoms with Gasteiger partial charge < -0.3 is 20.0 Å². The molecule has 0 saturated carbocycles. The Kier molecular flexibility index (Phi) is 9.10. The molecule has 5 nitrogen and oxygen atoms in total. The molecule has 3 heterocycles. The van der Waals surface area contributed by atoms with Gasteiger partial charge in [-0.1, -0.05) is 18.2 Å². The van der Waals surface area contributed by atoms with E-state index in [4.69, 9.17) is 5.11 Å². The smallest absolute Gasteiger partial charge is 0.392 e. The Bertz CT molecular complexity index is 832. The number of piperazine rings is 1. The highest BCUT2D eigenvalue weighted by Crippen LogP contribution is 2.39. The molecule has 2 fully saturated rings. The topological polar surface area (TPSA) is 50.2 Å². The molecule has 33 heavy (non-hydrogen) atoms. The number of benzene rings is 1. The number of hydrogen-bond acceptors (Lipinski definition) is 7. The Morgan fingerprint density at radius 3 is 2.18 bits per heavy atom. The number of β-amino-alcohol motifs (C(OH)–C–C–N with tert-alkyl or cyclic N) is 1. The number of aliphatic hydroxyl groups is 2. The Hall–Kier alpha value is -1.30. The van der Waals surface area contributed by atoms with Gasteiger partial charge in [0.05, 0.1) is 10.3 Å². The highest BCUT2D eigenvalue weighted by atomic mass is 32.2. The van der Waals surface area contributed by atoms with E-state index in [0.717, 1.165) is 64.7 Å². The molecule has 0 aliphatic carbocycles. The maximum atomic E-state index is 12.9. The maximum absolute atomic E-state index is 12.9. The first kappa shape index (κ1) is 26.3. The SMILES string of the molecule is CC(O)(c1ccc(N2CCN(Sc3cccs3)CC2)cc1)C(F)(F)F.CN1CCCC(O)C1. The number of nitrogens with zero attached hydrogens (tertiary/aromatic N) is 3. The van der Waals surface area contributed by atoms with Crippen LogP contribution in [-0.2, 0) is 5.60 Å². The molecule has 1 aromatic carbocycles. The van der Waals surface area contributed by atoms with Gasteiger partial charge in [0.15, 0.2) is 5.60 Å². The van der Waals surface area contributed by atoms with E-state index >= 15 is 0 Å². The summed E-state index contributed by atoms with van der Waals surface area (Å²) in [6, 6.07) is 10.1. The molecule has 184 valence electrons. The number of likely N-dealkylation sites (N-methyl/N-ethyl adjacent to an activating group) is 1. The van der Waals surface area contributed by atoms with Crippen molar-refractivity contribution in [1.29, 1.82) is 0 Å². The van der Waals surface area contributed by atoms with Crippen molar-refractivity contribution < 1.29 is 23.4 Å². The van der Waals surface area contributed by atoms with Crippen molar-refractivity contribution in [2.24, 2.45) is 0 Å². The van der Waals surface area contributed by atoms with Crippen LogP contribution in [0.5, 0.6) is 0 Å². The van der Waals surface area contributed by atoms with Crippen LogP contribution in [0.4, 0.5) is 18.9 Å². The van der Waals surface area contributed by atoms with E-state index in [1.807, 2.05) is 13.1 Å². The fourth-order valence-electron chi connectivity index (χ4n) is 3.78. The minimum absolute atomic E-state index is 0.0613. The quantitative estimate of drug-likeness (QED) is 0.603. The lowest BCUT2D eigenvalue weighted by Crippen LogP contribution is -2.43. The van der Waals surface area contributed by atoms with Gasteiger partial charge in [-0.3, -0.25) is 0 Å². The number of hydrogen-bond donors (Lipinski definition) is 2. The monoisotopic (exact) mass is 503 g/mol. The van der Waals surface area contributed by atoms with Crippen molar-refractivity contribution >= 4 is 29.0 Å². The van der Waals surface area contributed by atoms with Gasteiger partial charge in [0.25, 0.3) is 0 Å². The largest absolute Gasteiger partial charge is 0.421 e. The highest BCUT2D eigenvalue weighted by molar-refractivity contribution is 7.98. The van der Waals surface area contributed by atoms with Crippen LogP contribution >= 0.6 is 23.3 Å². The number of piperidine rings is 1. The summed E-state index contributed by atoms with van der Waals surface area (Å²) in [5.74, 6) is 0. The highest BCUT2D eigenvalue weighted by Gasteiger charge is 2.51. The summed E-state index contributed by atoms with van der Waals surface area (Å²) >= 11 is 3.46. The maximum Gasteiger partial charge on any atom is 0.421 e. The second-order valence-corrected chi connectivity index (χ2v) is 11.0. The molecule has 10 heteroatoms. The average molecular weight is 504 g/mol. The molecule has 2 saturated heterocycles. The normalized spacial score (nSPS) is 22.4. The van der Waals surface area contributed by atoms with E-state index in [0.29, 0.717) is 0 Å². The van der Waals surface area contributed by atoms with Crippen LogP contribution < -0.4 is 4.90 Å². The van der Waals surface area contributed by atoms with Gasteiger partial charge in [0.2, 0.25) is 0 Å². The second-order valence-electron chi connectivity index (χ2n) is 8.61. The lowest BCUT2D eigenvalue weighted by atomic mass is 9.95. The third kappa shape index (κ3) is 7.34. The fraction of sp³-hybridized carbons (Fsp3) is 0.565. The van der Waals surface area contributed by atoms with Crippen molar-refractivity contribution in [3.8, 4) is 0 Å². The first-order chi connectivity index (χ1) is 15.6. The molecule has 1 aromatic heterocycles. The Balaban J connectivity index is 0.000000323. The predicted molar refractivity (Wildman–Crippen MR) is 129 cm³/mol. The molecule has 2 unspecified atom stereocenters. The average Bonchev–Trinajstić information content (AvgIpc) is 3.27. The van der Waals surface area contributed by atoms with Crippen molar-refractivity contribution in [3.63, 3.8) is 0 Å². The van der Waals surface area contributed by atoms with Crippen LogP contribution in [0.1, 0.15) is 25.3 Å². The molecular weight excluding hydrogens is 471 g/mol. The van der Waals surface area contributed by atoms with Gasteiger partial charge in [-0.25, -0.2) is 4.31 Å². The third-order valence-corrected chi connectivity index (χ3v) is 8.01. The van der Waals surface area contributed by atoms with Crippen LogP contribution in [-0.4, -0.2) is 78.0 Å². The molecule has 2 aliphatic heterocycles. The molecule has 0 bridgehead atoms. The van der Waals surface area contributed by atoms with Gasteiger partial charge in [-0.05, 0) is 74.4 Å². The van der Waals surface area contributed by atoms with Crippen LogP contribution in [0, 0.1) is 0 Å². The molecule has 0 amide bonds. The molecule has 2 atom stereocenters. The van der Waals surface area contributed by atoms with Gasteiger partial charge in [0.1, 0.15) is 0 Å². The summed E-state index contributed by atoms with van der Waals surface area (Å²) in [5.41, 5.74) is -2.10. The number of alkyl halides is 3. The van der Waals surface area contributed by atoms with Crippen LogP contribution in [0.25, 0.3) is 0 Å². The van der Waals surface area contributed by atoms with Gasteiger partial charge >= 0.3 is 6.18 Å². The predicted octanol–water partition coefficient (Wildman–Crippen LogP) is 4.42. The number of aliphatic hydroxyl groups excluding tert-OH is 1. The van der Waals surface area contributed by atoms with E-state index < -0.39 is 11.8 Å². The van der Waals surface area contributed by atoms with Crippen LogP contribution in [0.2, 0.25) is 0 Å². The van der Waals surface area contributed by atoms with E-state index in [1.54, 1.807) is 35.4 Å². The third-order valence-electron chi connectivity index (χ3n) is 5.90. The van der Waals surface area contributed by atoms with Crippen molar-refractivity contribution in [3.05, 3.63) is 47.3 Å². The minimum atomic E-state index is -4.70. The molecule has 2 N–H and O–H groups in total. The zero-order valence-electron chi connectivity index (χ0n) is 19.0. The number of anilines is 1. The van der Waals surface area contributed by atoms with Gasteiger partial charge in [-0.2, -0.15) is 13.2 Å². The molecule has 4 rings (SSSR count). The summed E-state index contributed by atoms with van der Waals surface area (Å²) in [6.45, 7) is 6.18. The summed E-state index contributed by atoms with van der Waals surface area (Å²) < 4.78 is 42.3. The summed E-state index contributed by atoms with van der Waals surface area (Å²) in [6.07, 6.45) is -2.62. The van der Waals surface area contributed by atoms with Gasteiger partial charge in [0, 0.05) is 38.4 Å². The number of rotatable bonds is 4. The summed E-state index contributed by atoms with van der Waals surface area (Å²) in [5, 5.41) is 20.8. The Morgan fingerprint density at radius 2 is 1.70 bits per heavy atom. The molecule has 0 radical (unpaired) electrons. The number of thiophene rings is 1. The minimum Gasteiger partial charge on any atom is -0.392 e. The van der Waals surface area contributed by atoms with E-state index in [-0.39, 0.29) is 11.7 Å². The molecule has 0 spiro atoms.